The summed E-state index contributed by atoms with van der Waals surface area (Å²) in [6.07, 6.45) is 0. The van der Waals surface area contributed by atoms with Crippen LogP contribution in [0.1, 0.15) is 25.5 Å². The summed E-state index contributed by atoms with van der Waals surface area (Å²) in [7, 11) is 0. The molecule has 0 saturated heterocycles. The second-order valence-electron chi connectivity index (χ2n) is 5.73. The van der Waals surface area contributed by atoms with E-state index >= 15 is 0 Å². The van der Waals surface area contributed by atoms with Gasteiger partial charge in [-0.3, -0.25) is 4.79 Å². The van der Waals surface area contributed by atoms with Gasteiger partial charge in [0.1, 0.15) is 23.9 Å². The lowest BCUT2D eigenvalue weighted by atomic mass is 10.1. The number of carbonyl (C=O) groups excluding carboxylic acids is 1. The third-order valence-electron chi connectivity index (χ3n) is 3.77. The van der Waals surface area contributed by atoms with Gasteiger partial charge < -0.3 is 20.1 Å². The van der Waals surface area contributed by atoms with Gasteiger partial charge in [-0.1, -0.05) is 18.2 Å². The molecule has 1 atom stereocenters. The van der Waals surface area contributed by atoms with Gasteiger partial charge in [0.2, 0.25) is 5.91 Å². The molecule has 0 bridgehead atoms. The SMILES string of the molecule is CCOc1ccc(OCCNC(=O)CNC(C)c2ccccc2F)cc1. The molecule has 0 aliphatic heterocycles. The van der Waals surface area contributed by atoms with Crippen LogP contribution in [0.25, 0.3) is 0 Å². The number of hydrogen-bond donors (Lipinski definition) is 2. The number of halogens is 1. The van der Waals surface area contributed by atoms with E-state index in [1.54, 1.807) is 18.2 Å². The van der Waals surface area contributed by atoms with Crippen LogP contribution in [0, 0.1) is 5.82 Å². The van der Waals surface area contributed by atoms with Gasteiger partial charge in [-0.05, 0) is 44.2 Å². The Hall–Kier alpha value is -2.60. The number of benzene rings is 2. The van der Waals surface area contributed by atoms with Crippen molar-refractivity contribution in [2.24, 2.45) is 0 Å². The van der Waals surface area contributed by atoms with E-state index in [4.69, 9.17) is 9.47 Å². The zero-order valence-corrected chi connectivity index (χ0v) is 15.1. The highest BCUT2D eigenvalue weighted by atomic mass is 19.1. The first kappa shape index (κ1) is 19.7. The first-order valence-corrected chi connectivity index (χ1v) is 8.70. The number of nitrogens with one attached hydrogen (secondary N) is 2. The maximum absolute atomic E-state index is 13.7. The Morgan fingerprint density at radius 2 is 1.73 bits per heavy atom. The van der Waals surface area contributed by atoms with Gasteiger partial charge in [-0.25, -0.2) is 4.39 Å². The number of amides is 1. The first-order valence-electron chi connectivity index (χ1n) is 8.70. The van der Waals surface area contributed by atoms with Crippen molar-refractivity contribution in [3.63, 3.8) is 0 Å². The minimum atomic E-state index is -0.281. The number of rotatable bonds is 10. The molecular formula is C20H25FN2O3. The number of carbonyl (C=O) groups is 1. The number of ether oxygens (including phenoxy) is 2. The van der Waals surface area contributed by atoms with E-state index < -0.39 is 0 Å². The van der Waals surface area contributed by atoms with Crippen molar-refractivity contribution in [1.82, 2.24) is 10.6 Å². The number of hydrogen-bond acceptors (Lipinski definition) is 4. The highest BCUT2D eigenvalue weighted by Gasteiger charge is 2.11. The molecule has 0 fully saturated rings. The monoisotopic (exact) mass is 360 g/mol. The largest absolute Gasteiger partial charge is 0.494 e. The summed E-state index contributed by atoms with van der Waals surface area (Å²) in [5.74, 6) is 1.07. The molecule has 2 aromatic rings. The molecular weight excluding hydrogens is 335 g/mol. The third kappa shape index (κ3) is 6.37. The van der Waals surface area contributed by atoms with Crippen LogP contribution in [0.15, 0.2) is 48.5 Å². The lowest BCUT2D eigenvalue weighted by Gasteiger charge is -2.15. The van der Waals surface area contributed by atoms with E-state index in [9.17, 15) is 9.18 Å². The Bertz CT molecular complexity index is 692. The predicted molar refractivity (Wildman–Crippen MR) is 98.9 cm³/mol. The Balaban J connectivity index is 1.63. The third-order valence-corrected chi connectivity index (χ3v) is 3.77. The van der Waals surface area contributed by atoms with Crippen LogP contribution in [0.4, 0.5) is 4.39 Å². The normalized spacial score (nSPS) is 11.7. The Morgan fingerprint density at radius 3 is 2.38 bits per heavy atom. The van der Waals surface area contributed by atoms with Crippen molar-refractivity contribution in [2.45, 2.75) is 19.9 Å². The lowest BCUT2D eigenvalue weighted by Crippen LogP contribution is -2.37. The summed E-state index contributed by atoms with van der Waals surface area (Å²) in [6, 6.07) is 13.6. The fraction of sp³-hybridized carbons (Fsp3) is 0.350. The van der Waals surface area contributed by atoms with Crippen LogP contribution in [0.3, 0.4) is 0 Å². The fourth-order valence-corrected chi connectivity index (χ4v) is 2.40. The molecule has 2 aromatic carbocycles. The van der Waals surface area contributed by atoms with Crippen LogP contribution in [0.5, 0.6) is 11.5 Å². The summed E-state index contributed by atoms with van der Waals surface area (Å²) in [5, 5.41) is 5.77. The van der Waals surface area contributed by atoms with Crippen molar-refractivity contribution in [3.8, 4) is 11.5 Å². The molecule has 0 spiro atoms. The summed E-state index contributed by atoms with van der Waals surface area (Å²) >= 11 is 0. The van der Waals surface area contributed by atoms with Gasteiger partial charge in [0.05, 0.1) is 19.7 Å². The molecule has 2 rings (SSSR count). The van der Waals surface area contributed by atoms with Gasteiger partial charge in [0.25, 0.3) is 0 Å². The molecule has 5 nitrogen and oxygen atoms in total. The average Bonchev–Trinajstić information content (AvgIpc) is 2.65. The van der Waals surface area contributed by atoms with Crippen LogP contribution < -0.4 is 20.1 Å². The highest BCUT2D eigenvalue weighted by Crippen LogP contribution is 2.17. The van der Waals surface area contributed by atoms with Gasteiger partial charge in [0.15, 0.2) is 0 Å². The van der Waals surface area contributed by atoms with Gasteiger partial charge in [0, 0.05) is 11.6 Å². The van der Waals surface area contributed by atoms with Crippen molar-refractivity contribution < 1.29 is 18.7 Å². The topological polar surface area (TPSA) is 59.6 Å². The smallest absolute Gasteiger partial charge is 0.234 e. The standard InChI is InChI=1S/C20H25FN2O3/c1-3-25-16-8-10-17(11-9-16)26-13-12-22-20(24)14-23-15(2)18-6-4-5-7-19(18)21/h4-11,15,23H,3,12-14H2,1-2H3,(H,22,24). The van der Waals surface area contributed by atoms with E-state index in [1.165, 1.54) is 6.07 Å². The second-order valence-corrected chi connectivity index (χ2v) is 5.73. The van der Waals surface area contributed by atoms with Crippen molar-refractivity contribution in [2.75, 3.05) is 26.3 Å². The first-order chi connectivity index (χ1) is 12.6. The van der Waals surface area contributed by atoms with Crippen LogP contribution in [-0.4, -0.2) is 32.2 Å². The minimum absolute atomic E-state index is 0.110. The molecule has 0 aromatic heterocycles. The zero-order valence-electron chi connectivity index (χ0n) is 15.1. The van der Waals surface area contributed by atoms with Crippen molar-refractivity contribution in [1.29, 1.82) is 0 Å². The van der Waals surface area contributed by atoms with Crippen LogP contribution >= 0.6 is 0 Å². The second kappa shape index (κ2) is 10.4. The average molecular weight is 360 g/mol. The maximum Gasteiger partial charge on any atom is 0.234 e. The molecule has 140 valence electrons. The predicted octanol–water partition coefficient (Wildman–Crippen LogP) is 3.07. The highest BCUT2D eigenvalue weighted by molar-refractivity contribution is 5.78. The molecule has 2 N–H and O–H groups in total. The van der Waals surface area contributed by atoms with E-state index in [-0.39, 0.29) is 24.3 Å². The summed E-state index contributed by atoms with van der Waals surface area (Å²) in [4.78, 5) is 11.9. The summed E-state index contributed by atoms with van der Waals surface area (Å²) in [6.45, 7) is 5.23. The van der Waals surface area contributed by atoms with E-state index in [1.807, 2.05) is 38.1 Å². The minimum Gasteiger partial charge on any atom is -0.494 e. The Morgan fingerprint density at radius 1 is 1.08 bits per heavy atom. The van der Waals surface area contributed by atoms with Gasteiger partial charge in [-0.15, -0.1) is 0 Å². The molecule has 0 aliphatic carbocycles. The van der Waals surface area contributed by atoms with Crippen LogP contribution in [0.2, 0.25) is 0 Å². The van der Waals surface area contributed by atoms with E-state index in [2.05, 4.69) is 10.6 Å². The Labute approximate surface area is 153 Å². The summed E-state index contributed by atoms with van der Waals surface area (Å²) in [5.41, 5.74) is 0.541. The van der Waals surface area contributed by atoms with Gasteiger partial charge >= 0.3 is 0 Å². The molecule has 0 aliphatic rings. The summed E-state index contributed by atoms with van der Waals surface area (Å²) < 4.78 is 24.6. The zero-order chi connectivity index (χ0) is 18.8. The van der Waals surface area contributed by atoms with E-state index in [0.717, 1.165) is 5.75 Å². The fourth-order valence-electron chi connectivity index (χ4n) is 2.40. The quantitative estimate of drug-likeness (QED) is 0.640. The Kier molecular flexibility index (Phi) is 7.89. The van der Waals surface area contributed by atoms with Crippen LogP contribution in [-0.2, 0) is 4.79 Å². The molecule has 26 heavy (non-hydrogen) atoms. The molecule has 1 unspecified atom stereocenters. The lowest BCUT2D eigenvalue weighted by molar-refractivity contribution is -0.120. The van der Waals surface area contributed by atoms with Gasteiger partial charge in [-0.2, -0.15) is 0 Å². The van der Waals surface area contributed by atoms with Crippen molar-refractivity contribution >= 4 is 5.91 Å². The molecule has 0 heterocycles. The maximum atomic E-state index is 13.7. The molecule has 1 amide bonds. The molecule has 0 saturated carbocycles. The molecule has 6 heteroatoms. The molecule has 0 radical (unpaired) electrons. The van der Waals surface area contributed by atoms with E-state index in [0.29, 0.717) is 31.1 Å². The van der Waals surface area contributed by atoms with Crippen molar-refractivity contribution in [3.05, 3.63) is 59.9 Å².